The zero-order chi connectivity index (χ0) is 12.2. The van der Waals surface area contributed by atoms with Gasteiger partial charge in [0.25, 0.3) is 0 Å². The predicted molar refractivity (Wildman–Crippen MR) is 71.8 cm³/mol. The van der Waals surface area contributed by atoms with Crippen molar-refractivity contribution in [3.63, 3.8) is 0 Å². The van der Waals surface area contributed by atoms with Crippen LogP contribution in [0.15, 0.2) is 0 Å². The Labute approximate surface area is 102 Å². The van der Waals surface area contributed by atoms with Gasteiger partial charge in [0.1, 0.15) is 0 Å². The highest BCUT2D eigenvalue weighted by Gasteiger charge is 2.35. The Balaban J connectivity index is 2.57. The quantitative estimate of drug-likeness (QED) is 0.775. The molecule has 0 aliphatic carbocycles. The largest absolute Gasteiger partial charge is 0.311 e. The molecular weight excluding hydrogens is 196 g/mol. The predicted octanol–water partition coefficient (Wildman–Crippen LogP) is 2.89. The molecule has 3 atom stereocenters. The summed E-state index contributed by atoms with van der Waals surface area (Å²) in [6.07, 6.45) is 3.91. The summed E-state index contributed by atoms with van der Waals surface area (Å²) in [5, 5.41) is 3.62. The molecule has 0 saturated carbocycles. The molecule has 1 aliphatic rings. The van der Waals surface area contributed by atoms with Gasteiger partial charge in [0.15, 0.2) is 0 Å². The van der Waals surface area contributed by atoms with Gasteiger partial charge in [-0.1, -0.05) is 27.2 Å². The van der Waals surface area contributed by atoms with E-state index in [9.17, 15) is 0 Å². The molecule has 3 unspecified atom stereocenters. The van der Waals surface area contributed by atoms with E-state index in [1.807, 2.05) is 0 Å². The monoisotopic (exact) mass is 226 g/mol. The zero-order valence-corrected chi connectivity index (χ0v) is 11.8. The zero-order valence-electron chi connectivity index (χ0n) is 11.8. The second-order valence-corrected chi connectivity index (χ2v) is 5.93. The topological polar surface area (TPSA) is 15.3 Å². The van der Waals surface area contributed by atoms with Crippen LogP contribution >= 0.6 is 0 Å². The third kappa shape index (κ3) is 3.46. The van der Waals surface area contributed by atoms with Crippen molar-refractivity contribution in [2.75, 3.05) is 19.6 Å². The lowest BCUT2D eigenvalue weighted by Gasteiger charge is -2.48. The van der Waals surface area contributed by atoms with E-state index < -0.39 is 0 Å². The van der Waals surface area contributed by atoms with Crippen LogP contribution in [0.2, 0.25) is 0 Å². The van der Waals surface area contributed by atoms with E-state index in [0.29, 0.717) is 11.6 Å². The first-order chi connectivity index (χ1) is 7.51. The molecule has 1 aliphatic heterocycles. The van der Waals surface area contributed by atoms with Crippen LogP contribution in [0.4, 0.5) is 0 Å². The molecule has 0 radical (unpaired) electrons. The molecule has 0 aromatic rings. The fourth-order valence-electron chi connectivity index (χ4n) is 2.73. The van der Waals surface area contributed by atoms with Gasteiger partial charge in [-0.15, -0.1) is 0 Å². The molecule has 0 amide bonds. The first-order valence-corrected chi connectivity index (χ1v) is 7.00. The summed E-state index contributed by atoms with van der Waals surface area (Å²) < 4.78 is 0. The first kappa shape index (κ1) is 14.0. The molecule has 1 rings (SSSR count). The molecule has 1 heterocycles. The number of hydrogen-bond acceptors (Lipinski definition) is 2. The van der Waals surface area contributed by atoms with E-state index >= 15 is 0 Å². The summed E-state index contributed by atoms with van der Waals surface area (Å²) in [7, 11) is 0. The van der Waals surface area contributed by atoms with Gasteiger partial charge in [0.2, 0.25) is 0 Å². The highest BCUT2D eigenvalue weighted by atomic mass is 15.3. The Kier molecular flexibility index (Phi) is 5.26. The van der Waals surface area contributed by atoms with Crippen LogP contribution in [0.3, 0.4) is 0 Å². The van der Waals surface area contributed by atoms with Crippen LogP contribution in [0.5, 0.6) is 0 Å². The van der Waals surface area contributed by atoms with Gasteiger partial charge in [-0.05, 0) is 32.6 Å². The van der Waals surface area contributed by atoms with Crippen LogP contribution in [0.25, 0.3) is 0 Å². The van der Waals surface area contributed by atoms with Gasteiger partial charge in [-0.3, -0.25) is 4.90 Å². The number of rotatable bonds is 5. The molecule has 0 aromatic carbocycles. The molecule has 2 nitrogen and oxygen atoms in total. The molecule has 0 bridgehead atoms. The summed E-state index contributed by atoms with van der Waals surface area (Å²) in [6, 6.07) is 0.647. The van der Waals surface area contributed by atoms with Gasteiger partial charge in [-0.2, -0.15) is 0 Å². The van der Waals surface area contributed by atoms with E-state index in [1.54, 1.807) is 0 Å². The maximum Gasteiger partial charge on any atom is 0.0304 e. The van der Waals surface area contributed by atoms with Gasteiger partial charge in [0, 0.05) is 31.2 Å². The van der Waals surface area contributed by atoms with Crippen molar-refractivity contribution in [2.45, 2.75) is 65.5 Å². The highest BCUT2D eigenvalue weighted by molar-refractivity contribution is 4.94. The minimum Gasteiger partial charge on any atom is -0.311 e. The molecule has 1 fully saturated rings. The fraction of sp³-hybridized carbons (Fsp3) is 1.00. The number of hydrogen-bond donors (Lipinski definition) is 1. The third-order valence-electron chi connectivity index (χ3n) is 4.16. The molecule has 16 heavy (non-hydrogen) atoms. The summed E-state index contributed by atoms with van der Waals surface area (Å²) in [6.45, 7) is 15.3. The van der Waals surface area contributed by atoms with Crippen molar-refractivity contribution in [2.24, 2.45) is 5.92 Å². The first-order valence-electron chi connectivity index (χ1n) is 7.00. The van der Waals surface area contributed by atoms with E-state index in [4.69, 9.17) is 0 Å². The van der Waals surface area contributed by atoms with Gasteiger partial charge in [0.05, 0.1) is 0 Å². The summed E-state index contributed by atoms with van der Waals surface area (Å²) in [5.74, 6) is 0.834. The smallest absolute Gasteiger partial charge is 0.0304 e. The van der Waals surface area contributed by atoms with Crippen molar-refractivity contribution in [3.8, 4) is 0 Å². The Morgan fingerprint density at radius 1 is 1.44 bits per heavy atom. The Morgan fingerprint density at radius 3 is 2.69 bits per heavy atom. The lowest BCUT2D eigenvalue weighted by molar-refractivity contribution is 0.0391. The SMILES string of the molecule is CCCC(C)CN1CC(C)NCC1(C)CC. The van der Waals surface area contributed by atoms with Gasteiger partial charge in [-0.25, -0.2) is 0 Å². The van der Waals surface area contributed by atoms with Crippen molar-refractivity contribution in [1.29, 1.82) is 0 Å². The van der Waals surface area contributed by atoms with Crippen LogP contribution in [0.1, 0.15) is 53.9 Å². The van der Waals surface area contributed by atoms with Crippen LogP contribution in [-0.4, -0.2) is 36.1 Å². The summed E-state index contributed by atoms with van der Waals surface area (Å²) in [4.78, 5) is 2.72. The average molecular weight is 226 g/mol. The second kappa shape index (κ2) is 6.02. The van der Waals surface area contributed by atoms with Gasteiger partial charge >= 0.3 is 0 Å². The Bertz CT molecular complexity index is 205. The van der Waals surface area contributed by atoms with Crippen molar-refractivity contribution in [3.05, 3.63) is 0 Å². The van der Waals surface area contributed by atoms with Crippen LogP contribution in [-0.2, 0) is 0 Å². The molecule has 1 saturated heterocycles. The number of nitrogens with one attached hydrogen (secondary N) is 1. The maximum atomic E-state index is 3.62. The van der Waals surface area contributed by atoms with Gasteiger partial charge < -0.3 is 5.32 Å². The standard InChI is InChI=1S/C14H30N2/c1-6-8-12(3)9-16-10-13(4)15-11-14(16,5)7-2/h12-13,15H,6-11H2,1-5H3. The molecule has 96 valence electrons. The molecular formula is C14H30N2. The molecule has 1 N–H and O–H groups in total. The van der Waals surface area contributed by atoms with Crippen molar-refractivity contribution >= 4 is 0 Å². The average Bonchev–Trinajstić information content (AvgIpc) is 2.24. The second-order valence-electron chi connectivity index (χ2n) is 5.93. The summed E-state index contributed by atoms with van der Waals surface area (Å²) >= 11 is 0. The number of nitrogens with zero attached hydrogens (tertiary/aromatic N) is 1. The fourth-order valence-corrected chi connectivity index (χ4v) is 2.73. The lowest BCUT2D eigenvalue weighted by Crippen LogP contribution is -2.63. The summed E-state index contributed by atoms with van der Waals surface area (Å²) in [5.41, 5.74) is 0.370. The highest BCUT2D eigenvalue weighted by Crippen LogP contribution is 2.24. The Hall–Kier alpha value is -0.0800. The minimum absolute atomic E-state index is 0.370. The lowest BCUT2D eigenvalue weighted by atomic mass is 9.90. The van der Waals surface area contributed by atoms with Crippen LogP contribution < -0.4 is 5.32 Å². The maximum absolute atomic E-state index is 3.62. The molecule has 2 heteroatoms. The normalized spacial score (nSPS) is 33.9. The van der Waals surface area contributed by atoms with E-state index in [2.05, 4.69) is 44.8 Å². The van der Waals surface area contributed by atoms with Crippen molar-refractivity contribution < 1.29 is 0 Å². The van der Waals surface area contributed by atoms with E-state index in [-0.39, 0.29) is 0 Å². The van der Waals surface area contributed by atoms with E-state index in [1.165, 1.54) is 32.4 Å². The minimum atomic E-state index is 0.370. The van der Waals surface area contributed by atoms with E-state index in [0.717, 1.165) is 12.5 Å². The van der Waals surface area contributed by atoms with Crippen molar-refractivity contribution in [1.82, 2.24) is 10.2 Å². The number of piperazine rings is 1. The Morgan fingerprint density at radius 2 is 2.12 bits per heavy atom. The molecule has 0 spiro atoms. The molecule has 0 aromatic heterocycles. The third-order valence-corrected chi connectivity index (χ3v) is 4.16. The van der Waals surface area contributed by atoms with Crippen LogP contribution in [0, 0.1) is 5.92 Å².